The fourth-order valence-corrected chi connectivity index (χ4v) is 3.12. The van der Waals surface area contributed by atoms with Gasteiger partial charge in [0.2, 0.25) is 5.82 Å². The Labute approximate surface area is 199 Å². The molecule has 9 nitrogen and oxygen atoms in total. The molecule has 3 N–H and O–H groups in total. The molecule has 0 bridgehead atoms. The first kappa shape index (κ1) is 26.3. The second kappa shape index (κ2) is 9.41. The van der Waals surface area contributed by atoms with Crippen molar-refractivity contribution in [3.8, 4) is 11.4 Å². The first-order valence-electron chi connectivity index (χ1n) is 9.90. The van der Waals surface area contributed by atoms with Crippen LogP contribution in [0.3, 0.4) is 0 Å². The number of amides is 3. The number of halogens is 6. The summed E-state index contributed by atoms with van der Waals surface area (Å²) < 4.78 is 78.3. The van der Waals surface area contributed by atoms with E-state index < -0.39 is 35.2 Å². The van der Waals surface area contributed by atoms with Crippen LogP contribution in [0.1, 0.15) is 11.1 Å². The highest BCUT2D eigenvalue weighted by atomic mass is 19.4. The summed E-state index contributed by atoms with van der Waals surface area (Å²) in [6, 6.07) is 3.86. The minimum atomic E-state index is -5.08. The second-order valence-corrected chi connectivity index (χ2v) is 7.83. The van der Waals surface area contributed by atoms with Gasteiger partial charge in [-0.25, -0.2) is 14.1 Å². The zero-order valence-electron chi connectivity index (χ0n) is 18.6. The summed E-state index contributed by atoms with van der Waals surface area (Å²) in [5.74, 6) is -0.367. The number of tetrazole rings is 1. The molecule has 15 heteroatoms. The lowest BCUT2D eigenvalue weighted by molar-refractivity contribution is -0.143. The minimum absolute atomic E-state index is 0.00312. The number of anilines is 2. The van der Waals surface area contributed by atoms with Crippen LogP contribution < -0.4 is 15.1 Å². The van der Waals surface area contributed by atoms with Crippen molar-refractivity contribution in [2.45, 2.75) is 12.4 Å². The Bertz CT molecular complexity index is 1270. The van der Waals surface area contributed by atoms with Gasteiger partial charge in [0, 0.05) is 23.9 Å². The molecule has 0 atom stereocenters. The number of hydrogen-bond donors (Lipinski definition) is 3. The van der Waals surface area contributed by atoms with E-state index in [1.54, 1.807) is 14.1 Å². The maximum atomic E-state index is 13.1. The number of likely N-dealkylation sites (N-methyl/N-ethyl adjacent to an activating group) is 1. The lowest BCUT2D eigenvalue weighted by Gasteiger charge is -2.25. The molecule has 1 aromatic heterocycles. The summed E-state index contributed by atoms with van der Waals surface area (Å²) in [5.41, 5.74) is -3.28. The van der Waals surface area contributed by atoms with Gasteiger partial charge < -0.3 is 10.6 Å². The molecule has 190 valence electrons. The SMILES string of the molecule is C=CC(=O)[N+](C)(C)c1ccc(NC(=O)Nc2cc(C(F)(F)F)cc(C(F)(F)F)c2)c(-c2nn[nH]n2)c1. The third-order valence-corrected chi connectivity index (χ3v) is 5.05. The van der Waals surface area contributed by atoms with E-state index in [2.05, 4.69) is 32.5 Å². The summed E-state index contributed by atoms with van der Waals surface area (Å²) in [6.45, 7) is 3.45. The van der Waals surface area contributed by atoms with Crippen molar-refractivity contribution in [2.24, 2.45) is 0 Å². The maximum Gasteiger partial charge on any atom is 0.416 e. The Morgan fingerprint density at radius 1 is 0.972 bits per heavy atom. The number of aromatic nitrogens is 4. The Balaban J connectivity index is 1.96. The minimum Gasteiger partial charge on any atom is -0.308 e. The van der Waals surface area contributed by atoms with E-state index in [1.165, 1.54) is 18.2 Å². The van der Waals surface area contributed by atoms with E-state index in [9.17, 15) is 35.9 Å². The number of nitrogens with zero attached hydrogens (tertiary/aromatic N) is 4. The molecule has 3 aromatic rings. The summed E-state index contributed by atoms with van der Waals surface area (Å²) in [5, 5.41) is 17.6. The zero-order chi connectivity index (χ0) is 26.9. The van der Waals surface area contributed by atoms with Crippen LogP contribution in [0.15, 0.2) is 49.1 Å². The van der Waals surface area contributed by atoms with Crippen LogP contribution in [0, 0.1) is 0 Å². The topological polar surface area (TPSA) is 113 Å². The van der Waals surface area contributed by atoms with E-state index in [0.29, 0.717) is 17.8 Å². The molecule has 0 aliphatic carbocycles. The first-order chi connectivity index (χ1) is 16.6. The van der Waals surface area contributed by atoms with Gasteiger partial charge >= 0.3 is 24.3 Å². The first-order valence-corrected chi connectivity index (χ1v) is 9.90. The summed E-state index contributed by atoms with van der Waals surface area (Å²) in [4.78, 5) is 24.8. The number of carbonyl (C=O) groups excluding carboxylic acids is 2. The van der Waals surface area contributed by atoms with Crippen molar-refractivity contribution in [2.75, 3.05) is 24.7 Å². The van der Waals surface area contributed by atoms with Gasteiger partial charge in [-0.1, -0.05) is 6.58 Å². The molecule has 0 saturated carbocycles. The number of urea groups is 1. The highest BCUT2D eigenvalue weighted by Gasteiger charge is 2.37. The normalized spacial score (nSPS) is 12.2. The standard InChI is InChI=1S/C21H17F6N7O2/c1-4-17(35)34(2,3)14-5-6-16(15(10-14)18-30-32-33-31-18)29-19(36)28-13-8-11(20(22,23)24)7-12(9-13)21(25,26)27/h4-10H,1H2,2-3H3,(H2-,28,29,30,31,32,33,36)/p+1. The number of aromatic amines is 1. The van der Waals surface area contributed by atoms with E-state index in [0.717, 1.165) is 6.08 Å². The molecule has 1 heterocycles. The third-order valence-electron chi connectivity index (χ3n) is 5.05. The smallest absolute Gasteiger partial charge is 0.308 e. The van der Waals surface area contributed by atoms with Crippen molar-refractivity contribution < 1.29 is 35.9 Å². The van der Waals surface area contributed by atoms with Crippen molar-refractivity contribution in [1.82, 2.24) is 25.1 Å². The Morgan fingerprint density at radius 3 is 2.08 bits per heavy atom. The molecule has 3 rings (SSSR count). The third kappa shape index (κ3) is 5.68. The summed E-state index contributed by atoms with van der Waals surface area (Å²) >= 11 is 0. The second-order valence-electron chi connectivity index (χ2n) is 7.83. The van der Waals surface area contributed by atoms with Crippen LogP contribution in [-0.4, -0.2) is 46.7 Å². The Kier molecular flexibility index (Phi) is 6.88. The van der Waals surface area contributed by atoms with Crippen molar-refractivity contribution in [3.63, 3.8) is 0 Å². The molecule has 36 heavy (non-hydrogen) atoms. The quantitative estimate of drug-likeness (QED) is 0.257. The van der Waals surface area contributed by atoms with Gasteiger partial charge in [0.25, 0.3) is 0 Å². The van der Waals surface area contributed by atoms with Crippen LogP contribution >= 0.6 is 0 Å². The molecule has 3 amide bonds. The lowest BCUT2D eigenvalue weighted by atomic mass is 10.1. The van der Waals surface area contributed by atoms with Crippen LogP contribution in [0.25, 0.3) is 11.4 Å². The predicted octanol–water partition coefficient (Wildman–Crippen LogP) is 4.83. The summed E-state index contributed by atoms with van der Waals surface area (Å²) in [7, 11) is 3.15. The molecular weight excluding hydrogens is 496 g/mol. The largest absolute Gasteiger partial charge is 0.416 e. The lowest BCUT2D eigenvalue weighted by Crippen LogP contribution is -2.45. The number of benzene rings is 2. The number of carbonyl (C=O) groups is 2. The molecule has 2 aromatic carbocycles. The molecule has 0 saturated heterocycles. The average Bonchev–Trinajstić information content (AvgIpc) is 3.32. The van der Waals surface area contributed by atoms with E-state index in [4.69, 9.17) is 0 Å². The Morgan fingerprint density at radius 2 is 1.58 bits per heavy atom. The van der Waals surface area contributed by atoms with Crippen molar-refractivity contribution in [3.05, 3.63) is 60.2 Å². The van der Waals surface area contributed by atoms with Crippen LogP contribution in [-0.2, 0) is 17.1 Å². The Hall–Kier alpha value is -4.27. The molecule has 0 aliphatic rings. The molecule has 0 aliphatic heterocycles. The van der Waals surface area contributed by atoms with Crippen LogP contribution in [0.5, 0.6) is 0 Å². The summed E-state index contributed by atoms with van der Waals surface area (Å²) in [6.07, 6.45) is -9.04. The zero-order valence-corrected chi connectivity index (χ0v) is 18.6. The van der Waals surface area contributed by atoms with Gasteiger partial charge in [-0.05, 0) is 29.5 Å². The number of quaternary nitrogens is 1. The van der Waals surface area contributed by atoms with Gasteiger partial charge in [0.1, 0.15) is 5.69 Å². The molecule has 0 unspecified atom stereocenters. The van der Waals surface area contributed by atoms with E-state index in [1.807, 2.05) is 5.32 Å². The van der Waals surface area contributed by atoms with Gasteiger partial charge in [-0.3, -0.25) is 0 Å². The van der Waals surface area contributed by atoms with Gasteiger partial charge in [0.15, 0.2) is 0 Å². The average molecular weight is 514 g/mol. The van der Waals surface area contributed by atoms with Crippen LogP contribution in [0.4, 0.5) is 48.2 Å². The van der Waals surface area contributed by atoms with Crippen LogP contribution in [0.2, 0.25) is 0 Å². The molecule has 0 spiro atoms. The fraction of sp³-hybridized carbons (Fsp3) is 0.190. The number of hydrogen-bond acceptors (Lipinski definition) is 5. The number of H-pyrrole nitrogens is 1. The van der Waals surface area contributed by atoms with Gasteiger partial charge in [-0.2, -0.15) is 31.6 Å². The molecule has 0 radical (unpaired) electrons. The molecule has 0 fully saturated rings. The van der Waals surface area contributed by atoms with Crippen molar-refractivity contribution >= 4 is 29.0 Å². The van der Waals surface area contributed by atoms with E-state index in [-0.39, 0.29) is 33.5 Å². The molecular formula is C21H18F6N7O2+. The monoisotopic (exact) mass is 514 g/mol. The van der Waals surface area contributed by atoms with Crippen molar-refractivity contribution in [1.29, 1.82) is 0 Å². The highest BCUT2D eigenvalue weighted by molar-refractivity contribution is 6.03. The predicted molar refractivity (Wildman–Crippen MR) is 118 cm³/mol. The maximum absolute atomic E-state index is 13.1. The van der Waals surface area contributed by atoms with Gasteiger partial charge in [-0.15, -0.1) is 10.2 Å². The van der Waals surface area contributed by atoms with E-state index >= 15 is 0 Å². The number of rotatable bonds is 5. The highest BCUT2D eigenvalue weighted by Crippen LogP contribution is 2.38. The van der Waals surface area contributed by atoms with Gasteiger partial charge in [0.05, 0.1) is 36.5 Å². The fourth-order valence-electron chi connectivity index (χ4n) is 3.12. The number of nitrogens with one attached hydrogen (secondary N) is 3. The number of alkyl halides is 6.